The van der Waals surface area contributed by atoms with Gasteiger partial charge in [-0.25, -0.2) is 4.98 Å². The van der Waals surface area contributed by atoms with Gasteiger partial charge in [-0.3, -0.25) is 14.9 Å². The first-order valence-corrected chi connectivity index (χ1v) is 5.53. The van der Waals surface area contributed by atoms with Crippen LogP contribution in [0.5, 0.6) is 0 Å². The molecule has 0 amide bonds. The minimum absolute atomic E-state index is 0.134. The van der Waals surface area contributed by atoms with Gasteiger partial charge < -0.3 is 4.42 Å². The van der Waals surface area contributed by atoms with Crippen molar-refractivity contribution in [2.45, 2.75) is 0 Å². The van der Waals surface area contributed by atoms with Crippen LogP contribution < -0.4 is 0 Å². The summed E-state index contributed by atoms with van der Waals surface area (Å²) in [4.78, 5) is 24.7. The summed E-state index contributed by atoms with van der Waals surface area (Å²) in [6, 6.07) is 7.51. The van der Waals surface area contributed by atoms with Crippen LogP contribution in [0.15, 0.2) is 34.7 Å². The van der Waals surface area contributed by atoms with Gasteiger partial charge in [0.1, 0.15) is 16.4 Å². The molecule has 19 heavy (non-hydrogen) atoms. The minimum Gasteiger partial charge on any atom is -0.401 e. The molecule has 6 nitrogen and oxygen atoms in total. The van der Waals surface area contributed by atoms with E-state index in [0.29, 0.717) is 11.5 Å². The quantitative estimate of drug-likeness (QED) is 0.487. The van der Waals surface area contributed by atoms with Crippen molar-refractivity contribution in [1.82, 2.24) is 4.98 Å². The summed E-state index contributed by atoms with van der Waals surface area (Å²) in [5, 5.41) is 9.78. The third kappa shape index (κ3) is 3.26. The Morgan fingerprint density at radius 2 is 2.11 bits per heavy atom. The molecule has 96 valence electrons. The monoisotopic (exact) mass is 278 g/mol. The van der Waals surface area contributed by atoms with E-state index in [1.54, 1.807) is 18.2 Å². The number of halogens is 1. The molecule has 0 saturated carbocycles. The van der Waals surface area contributed by atoms with E-state index in [1.165, 1.54) is 24.3 Å². The molecule has 0 atom stereocenters. The third-order valence-corrected chi connectivity index (χ3v) is 2.38. The van der Waals surface area contributed by atoms with Crippen molar-refractivity contribution in [1.29, 1.82) is 0 Å². The van der Waals surface area contributed by atoms with E-state index in [0.717, 1.165) is 0 Å². The van der Waals surface area contributed by atoms with Crippen molar-refractivity contribution in [2.75, 3.05) is 0 Å². The summed E-state index contributed by atoms with van der Waals surface area (Å²) < 4.78 is 4.94. The molecule has 2 aromatic rings. The van der Waals surface area contributed by atoms with Crippen LogP contribution in [-0.2, 0) is 0 Å². The zero-order valence-electron chi connectivity index (χ0n) is 9.45. The molecule has 0 aromatic carbocycles. The van der Waals surface area contributed by atoms with Crippen LogP contribution >= 0.6 is 11.6 Å². The van der Waals surface area contributed by atoms with E-state index >= 15 is 0 Å². The normalized spacial score (nSPS) is 10.8. The molecule has 2 heterocycles. The number of aromatic nitrogens is 1. The zero-order valence-corrected chi connectivity index (χ0v) is 10.2. The van der Waals surface area contributed by atoms with E-state index in [9.17, 15) is 14.9 Å². The molecule has 0 saturated heterocycles. The molecule has 0 fully saturated rings. The van der Waals surface area contributed by atoms with Crippen LogP contribution in [0.25, 0.3) is 12.2 Å². The topological polar surface area (TPSA) is 86.2 Å². The first-order chi connectivity index (χ1) is 9.06. The molecule has 0 unspecified atom stereocenters. The van der Waals surface area contributed by atoms with E-state index < -0.39 is 10.2 Å². The van der Waals surface area contributed by atoms with Crippen molar-refractivity contribution < 1.29 is 14.1 Å². The standard InChI is InChI=1S/C12H7ClN2O4/c13-12(16)10-3-1-2-8(14-10)4-5-9-6-7-11(19-9)15(17)18/h1-7H. The van der Waals surface area contributed by atoms with Gasteiger partial charge in [-0.2, -0.15) is 0 Å². The number of hydrogen-bond donors (Lipinski definition) is 0. The van der Waals surface area contributed by atoms with Crippen LogP contribution in [0.2, 0.25) is 0 Å². The lowest BCUT2D eigenvalue weighted by molar-refractivity contribution is -0.402. The van der Waals surface area contributed by atoms with E-state index in [2.05, 4.69) is 4.98 Å². The van der Waals surface area contributed by atoms with Crippen molar-refractivity contribution in [3.8, 4) is 0 Å². The molecule has 0 spiro atoms. The van der Waals surface area contributed by atoms with Crippen LogP contribution in [0.1, 0.15) is 21.9 Å². The largest absolute Gasteiger partial charge is 0.433 e. The summed E-state index contributed by atoms with van der Waals surface area (Å²) in [6.07, 6.45) is 3.07. The summed E-state index contributed by atoms with van der Waals surface area (Å²) in [7, 11) is 0. The lowest BCUT2D eigenvalue weighted by atomic mass is 10.3. The molecule has 0 N–H and O–H groups in total. The van der Waals surface area contributed by atoms with Crippen molar-refractivity contribution >= 4 is 34.9 Å². The summed E-state index contributed by atoms with van der Waals surface area (Å²) in [5.74, 6) is -0.0200. The average molecular weight is 279 g/mol. The van der Waals surface area contributed by atoms with Gasteiger partial charge >= 0.3 is 5.88 Å². The van der Waals surface area contributed by atoms with Gasteiger partial charge in [0.25, 0.3) is 5.24 Å². The van der Waals surface area contributed by atoms with Crippen molar-refractivity contribution in [2.24, 2.45) is 0 Å². The average Bonchev–Trinajstić information content (AvgIpc) is 2.85. The molecule has 2 aromatic heterocycles. The number of carbonyl (C=O) groups excluding carboxylic acids is 1. The second kappa shape index (κ2) is 5.45. The summed E-state index contributed by atoms with van der Waals surface area (Å²) in [5.41, 5.74) is 0.625. The van der Waals surface area contributed by atoms with Gasteiger partial charge in [-0.05, 0) is 42.0 Å². The van der Waals surface area contributed by atoms with Crippen LogP contribution in [-0.4, -0.2) is 15.1 Å². The van der Waals surface area contributed by atoms with E-state index in [4.69, 9.17) is 16.0 Å². The van der Waals surface area contributed by atoms with Crippen LogP contribution in [0.4, 0.5) is 5.88 Å². The Labute approximate surface area is 112 Å². The number of nitrogens with zero attached hydrogens (tertiary/aromatic N) is 2. The third-order valence-electron chi connectivity index (χ3n) is 2.18. The van der Waals surface area contributed by atoms with Gasteiger partial charge in [-0.15, -0.1) is 0 Å². The Morgan fingerprint density at radius 1 is 1.32 bits per heavy atom. The molecule has 7 heteroatoms. The maximum Gasteiger partial charge on any atom is 0.433 e. The predicted molar refractivity (Wildman–Crippen MR) is 68.7 cm³/mol. The Bertz CT molecular complexity index is 663. The molecule has 0 bridgehead atoms. The van der Waals surface area contributed by atoms with Crippen molar-refractivity contribution in [3.05, 3.63) is 57.6 Å². The van der Waals surface area contributed by atoms with Crippen LogP contribution in [0.3, 0.4) is 0 Å². The van der Waals surface area contributed by atoms with Gasteiger partial charge in [-0.1, -0.05) is 6.07 Å². The van der Waals surface area contributed by atoms with Gasteiger partial charge in [0.15, 0.2) is 0 Å². The molecule has 0 radical (unpaired) electrons. The fourth-order valence-electron chi connectivity index (χ4n) is 1.35. The Morgan fingerprint density at radius 3 is 2.74 bits per heavy atom. The summed E-state index contributed by atoms with van der Waals surface area (Å²) >= 11 is 5.31. The first kappa shape index (κ1) is 13.0. The highest BCUT2D eigenvalue weighted by Gasteiger charge is 2.09. The maximum atomic E-state index is 10.9. The molecular weight excluding hydrogens is 272 g/mol. The highest BCUT2D eigenvalue weighted by molar-refractivity contribution is 6.67. The predicted octanol–water partition coefficient (Wildman–Crippen LogP) is 3.13. The lowest BCUT2D eigenvalue weighted by Crippen LogP contribution is -1.94. The number of rotatable bonds is 4. The van der Waals surface area contributed by atoms with Gasteiger partial charge in [0.2, 0.25) is 0 Å². The highest BCUT2D eigenvalue weighted by atomic mass is 35.5. The summed E-state index contributed by atoms with van der Waals surface area (Å²) in [6.45, 7) is 0. The molecular formula is C12H7ClN2O4. The molecule has 0 aliphatic rings. The number of nitro groups is 1. The maximum absolute atomic E-state index is 10.9. The Hall–Kier alpha value is -2.47. The number of hydrogen-bond acceptors (Lipinski definition) is 5. The smallest absolute Gasteiger partial charge is 0.401 e. The second-order valence-corrected chi connectivity index (χ2v) is 3.83. The lowest BCUT2D eigenvalue weighted by Gasteiger charge is -1.95. The van der Waals surface area contributed by atoms with E-state index in [-0.39, 0.29) is 11.6 Å². The molecule has 2 rings (SSSR count). The van der Waals surface area contributed by atoms with Gasteiger partial charge in [0.05, 0.1) is 11.8 Å². The van der Waals surface area contributed by atoms with E-state index in [1.807, 2.05) is 0 Å². The van der Waals surface area contributed by atoms with Crippen molar-refractivity contribution in [3.63, 3.8) is 0 Å². The fourth-order valence-corrected chi connectivity index (χ4v) is 1.46. The zero-order chi connectivity index (χ0) is 13.8. The number of furan rings is 1. The highest BCUT2D eigenvalue weighted by Crippen LogP contribution is 2.17. The van der Waals surface area contributed by atoms with Gasteiger partial charge in [0, 0.05) is 0 Å². The minimum atomic E-state index is -0.649. The second-order valence-electron chi connectivity index (χ2n) is 3.49. The number of pyridine rings is 1. The Kier molecular flexibility index (Phi) is 3.72. The molecule has 0 aliphatic heterocycles. The Balaban J connectivity index is 2.19. The molecule has 0 aliphatic carbocycles. The van der Waals surface area contributed by atoms with Crippen LogP contribution in [0, 0.1) is 10.1 Å². The first-order valence-electron chi connectivity index (χ1n) is 5.15. The SMILES string of the molecule is O=C(Cl)c1cccc(C=Cc2ccc([N+](=O)[O-])o2)n1. The number of carbonyl (C=O) groups is 1. The fraction of sp³-hybridized carbons (Fsp3) is 0.